The fraction of sp³-hybridized carbons (Fsp3) is 0.458. The fourth-order valence-electron chi connectivity index (χ4n) is 3.99. The molecule has 0 unspecified atom stereocenters. The van der Waals surface area contributed by atoms with E-state index in [1.54, 1.807) is 24.3 Å². The first-order valence-corrected chi connectivity index (χ1v) is 13.8. The molecule has 0 saturated carbocycles. The number of nitrogens with zero attached hydrogens (tertiary/aromatic N) is 2. The summed E-state index contributed by atoms with van der Waals surface area (Å²) in [5, 5.41) is 15.6. The minimum Gasteiger partial charge on any atom is -0.478 e. The van der Waals surface area contributed by atoms with Crippen molar-refractivity contribution in [1.82, 2.24) is 4.90 Å². The van der Waals surface area contributed by atoms with Crippen molar-refractivity contribution in [2.45, 2.75) is 37.5 Å². The molecule has 8 nitrogen and oxygen atoms in total. The van der Waals surface area contributed by atoms with Crippen LogP contribution in [0.3, 0.4) is 0 Å². The molecule has 9 heteroatoms. The molecule has 33 heavy (non-hydrogen) atoms. The highest BCUT2D eigenvalue weighted by Gasteiger charge is 2.30. The fourth-order valence-corrected chi connectivity index (χ4v) is 5.00. The number of benzene rings is 2. The van der Waals surface area contributed by atoms with Crippen LogP contribution in [0.5, 0.6) is 11.5 Å². The van der Waals surface area contributed by atoms with Crippen molar-refractivity contribution in [3.63, 3.8) is 0 Å². The van der Waals surface area contributed by atoms with Crippen molar-refractivity contribution >= 4 is 21.2 Å². The average Bonchev–Trinajstić information content (AvgIpc) is 3.27. The summed E-state index contributed by atoms with van der Waals surface area (Å²) < 4.78 is 30.0. The van der Waals surface area contributed by atoms with Gasteiger partial charge in [-0.25, -0.2) is 9.93 Å². The second-order valence-electron chi connectivity index (χ2n) is 8.79. The highest BCUT2D eigenvalue weighted by molar-refractivity contribution is 8.12. The molecule has 2 aromatic rings. The molecular formula is C24H35N3O5S. The van der Waals surface area contributed by atoms with Crippen molar-refractivity contribution in [2.75, 3.05) is 43.9 Å². The number of carboxylic acid groups (broad SMARTS) is 1. The SMILES string of the molecule is CCCCN(CCN1CCCC1)c1cc(C(=O)O)cc(S(C)(N)(=O)O)c1Oc1ccccc1. The molecule has 0 radical (unpaired) electrons. The lowest BCUT2D eigenvalue weighted by Gasteiger charge is -2.37. The number of hydrogen-bond acceptors (Lipinski definition) is 5. The first-order chi connectivity index (χ1) is 15.5. The minimum atomic E-state index is -4.84. The zero-order valence-corrected chi connectivity index (χ0v) is 20.2. The van der Waals surface area contributed by atoms with Gasteiger partial charge >= 0.3 is 5.97 Å². The van der Waals surface area contributed by atoms with Gasteiger partial charge < -0.3 is 19.6 Å². The summed E-state index contributed by atoms with van der Waals surface area (Å²) in [6.45, 7) is 6.28. The maximum Gasteiger partial charge on any atom is 0.335 e. The van der Waals surface area contributed by atoms with E-state index in [1.807, 2.05) is 6.07 Å². The molecular weight excluding hydrogens is 442 g/mol. The second-order valence-corrected chi connectivity index (χ2v) is 11.9. The quantitative estimate of drug-likeness (QED) is 0.447. The van der Waals surface area contributed by atoms with Crippen LogP contribution in [0.25, 0.3) is 0 Å². The van der Waals surface area contributed by atoms with Gasteiger partial charge in [0.05, 0.1) is 11.3 Å². The predicted molar refractivity (Wildman–Crippen MR) is 132 cm³/mol. The molecule has 1 aliphatic heterocycles. The van der Waals surface area contributed by atoms with Crippen LogP contribution < -0.4 is 14.8 Å². The van der Waals surface area contributed by atoms with Crippen molar-refractivity contribution in [3.05, 3.63) is 48.0 Å². The molecule has 1 fully saturated rings. The summed E-state index contributed by atoms with van der Waals surface area (Å²) in [4.78, 5) is 16.1. The number of rotatable bonds is 11. The second kappa shape index (κ2) is 10.2. The molecule has 0 bridgehead atoms. The van der Waals surface area contributed by atoms with Crippen LogP contribution in [-0.2, 0) is 9.53 Å². The molecule has 4 N–H and O–H groups in total. The summed E-state index contributed by atoms with van der Waals surface area (Å²) in [5.74, 6) is -0.613. The summed E-state index contributed by atoms with van der Waals surface area (Å²) in [6.07, 6.45) is 5.19. The molecule has 182 valence electrons. The van der Waals surface area contributed by atoms with Gasteiger partial charge in [0.2, 0.25) is 0 Å². The maximum absolute atomic E-state index is 13.2. The summed E-state index contributed by atoms with van der Waals surface area (Å²) in [6, 6.07) is 11.6. The van der Waals surface area contributed by atoms with E-state index in [0.717, 1.165) is 44.8 Å². The monoisotopic (exact) mass is 477 g/mol. The molecule has 3 rings (SSSR count). The molecule has 1 heterocycles. The van der Waals surface area contributed by atoms with Gasteiger partial charge in [0.1, 0.15) is 10.6 Å². The van der Waals surface area contributed by atoms with Crippen LogP contribution in [-0.4, -0.2) is 63.7 Å². The Morgan fingerprint density at radius 3 is 2.42 bits per heavy atom. The summed E-state index contributed by atoms with van der Waals surface area (Å²) >= 11 is 0. The number of carbonyl (C=O) groups is 1. The third-order valence-electron chi connectivity index (χ3n) is 5.79. The smallest absolute Gasteiger partial charge is 0.335 e. The third-order valence-corrected chi connectivity index (χ3v) is 7.16. The Morgan fingerprint density at radius 2 is 1.85 bits per heavy atom. The first-order valence-electron chi connectivity index (χ1n) is 11.4. The van der Waals surface area contributed by atoms with Crippen LogP contribution in [0.15, 0.2) is 47.4 Å². The van der Waals surface area contributed by atoms with Gasteiger partial charge in [0, 0.05) is 25.9 Å². The van der Waals surface area contributed by atoms with Crippen molar-refractivity contribution in [2.24, 2.45) is 5.14 Å². The highest BCUT2D eigenvalue weighted by atomic mass is 32.3. The van der Waals surface area contributed by atoms with Crippen molar-refractivity contribution in [1.29, 1.82) is 0 Å². The van der Waals surface area contributed by atoms with E-state index in [1.165, 1.54) is 18.9 Å². The van der Waals surface area contributed by atoms with E-state index >= 15 is 0 Å². The normalized spacial score (nSPS) is 15.7. The van der Waals surface area contributed by atoms with Crippen LogP contribution >= 0.6 is 0 Å². The number of para-hydroxylation sites is 1. The maximum atomic E-state index is 13.2. The van der Waals surface area contributed by atoms with Gasteiger partial charge in [0.25, 0.3) is 0 Å². The van der Waals surface area contributed by atoms with Gasteiger partial charge in [-0.1, -0.05) is 31.5 Å². The lowest BCUT2D eigenvalue weighted by atomic mass is 10.1. The number of carboxylic acids is 1. The first kappa shape index (κ1) is 25.2. The van der Waals surface area contributed by atoms with Gasteiger partial charge in [0.15, 0.2) is 5.75 Å². The van der Waals surface area contributed by atoms with Crippen molar-refractivity contribution in [3.8, 4) is 11.5 Å². The molecule has 0 aliphatic carbocycles. The van der Waals surface area contributed by atoms with Gasteiger partial charge in [-0.05, 0) is 56.6 Å². The standard InChI is InChI=1S/C24H35N3O5S/c1-3-4-14-27(16-15-26-12-8-9-13-26)21-17-19(24(28)29)18-22(33(2,25,30)31)23(21)32-20-10-6-5-7-11-20/h5-7,10-11,17-18H,3-4,8-9,12-16H2,1-2H3,(H,28,29)(H3,25,30,31). The Labute approximate surface area is 195 Å². The van der Waals surface area contributed by atoms with E-state index in [2.05, 4.69) is 16.7 Å². The van der Waals surface area contributed by atoms with E-state index in [0.29, 0.717) is 24.5 Å². The molecule has 0 spiro atoms. The molecule has 2 aromatic carbocycles. The van der Waals surface area contributed by atoms with Crippen LogP contribution in [0.1, 0.15) is 43.0 Å². The Kier molecular flexibility index (Phi) is 7.79. The zero-order valence-electron chi connectivity index (χ0n) is 19.4. The molecule has 0 amide bonds. The van der Waals surface area contributed by atoms with Crippen LogP contribution in [0.2, 0.25) is 0 Å². The average molecular weight is 478 g/mol. The van der Waals surface area contributed by atoms with Crippen LogP contribution in [0, 0.1) is 0 Å². The zero-order chi connectivity index (χ0) is 24.1. The number of anilines is 1. The van der Waals surface area contributed by atoms with Gasteiger partial charge in [-0.3, -0.25) is 4.55 Å². The predicted octanol–water partition coefficient (Wildman–Crippen LogP) is 4.03. The molecule has 1 saturated heterocycles. The summed E-state index contributed by atoms with van der Waals surface area (Å²) in [7, 11) is -4.84. The Morgan fingerprint density at radius 1 is 1.18 bits per heavy atom. The number of ether oxygens (including phenoxy) is 1. The van der Waals surface area contributed by atoms with Crippen molar-refractivity contribution < 1.29 is 23.4 Å². The Hall–Kier alpha value is -2.46. The van der Waals surface area contributed by atoms with E-state index in [4.69, 9.17) is 9.88 Å². The number of unbranched alkanes of at least 4 members (excludes halogenated alkanes) is 1. The number of nitrogens with two attached hydrogens (primary N) is 1. The number of hydrogen-bond donors (Lipinski definition) is 3. The number of likely N-dealkylation sites (tertiary alicyclic amines) is 1. The van der Waals surface area contributed by atoms with E-state index in [9.17, 15) is 18.7 Å². The van der Waals surface area contributed by atoms with Gasteiger partial charge in [-0.2, -0.15) is 4.21 Å². The Balaban J connectivity index is 2.15. The Bertz CT molecular complexity index is 1020. The van der Waals surface area contributed by atoms with E-state index < -0.39 is 15.5 Å². The number of aromatic carboxylic acids is 1. The lowest BCUT2D eigenvalue weighted by molar-refractivity contribution is 0.0696. The third kappa shape index (κ3) is 6.77. The van der Waals surface area contributed by atoms with Crippen LogP contribution in [0.4, 0.5) is 5.69 Å². The lowest BCUT2D eigenvalue weighted by Crippen LogP contribution is -2.41. The largest absolute Gasteiger partial charge is 0.478 e. The van der Waals surface area contributed by atoms with Gasteiger partial charge in [-0.15, -0.1) is 9.53 Å². The molecule has 0 aromatic heterocycles. The van der Waals surface area contributed by atoms with E-state index in [-0.39, 0.29) is 16.2 Å². The highest BCUT2D eigenvalue weighted by Crippen LogP contribution is 2.43. The summed E-state index contributed by atoms with van der Waals surface area (Å²) in [5.41, 5.74) is 0.352. The topological polar surface area (TPSA) is 116 Å². The molecule has 1 aliphatic rings. The minimum absolute atomic E-state index is 0.108. The molecule has 0 atom stereocenters.